The summed E-state index contributed by atoms with van der Waals surface area (Å²) in [6.45, 7) is 1.48. The van der Waals surface area contributed by atoms with Crippen molar-refractivity contribution in [2.75, 3.05) is 5.32 Å². The Kier molecular flexibility index (Phi) is 5.07. The molecule has 0 radical (unpaired) electrons. The number of benzene rings is 1. The van der Waals surface area contributed by atoms with Gasteiger partial charge in [-0.05, 0) is 31.0 Å². The first-order chi connectivity index (χ1) is 16.4. The normalized spacial score (nSPS) is 24.3. The predicted octanol–water partition coefficient (Wildman–Crippen LogP) is 4.45. The van der Waals surface area contributed by atoms with Gasteiger partial charge in [0.2, 0.25) is 11.8 Å². The van der Waals surface area contributed by atoms with Crippen LogP contribution < -0.4 is 5.32 Å². The molecule has 3 heterocycles. The summed E-state index contributed by atoms with van der Waals surface area (Å²) in [5, 5.41) is 17.5. The number of anilines is 1. The number of nitrogens with zero attached hydrogens (tertiary/aromatic N) is 6. The quantitative estimate of drug-likeness (QED) is 0.532. The lowest BCUT2D eigenvalue weighted by Gasteiger charge is -2.61. The van der Waals surface area contributed by atoms with E-state index < -0.39 is 53.6 Å². The van der Waals surface area contributed by atoms with Crippen molar-refractivity contribution in [1.29, 1.82) is 0 Å². The van der Waals surface area contributed by atoms with E-state index in [1.54, 1.807) is 0 Å². The minimum Gasteiger partial charge on any atom is -0.423 e. The third-order valence-corrected chi connectivity index (χ3v) is 6.33. The van der Waals surface area contributed by atoms with E-state index in [1.165, 1.54) is 24.2 Å². The maximum atomic E-state index is 13.5. The molecule has 1 aliphatic heterocycles. The molecular weight excluding hydrogens is 484 g/mol. The number of alkyl halides is 6. The van der Waals surface area contributed by atoms with E-state index in [0.29, 0.717) is 0 Å². The monoisotopic (exact) mass is 501 g/mol. The zero-order valence-electron chi connectivity index (χ0n) is 17.9. The fourth-order valence-electron chi connectivity index (χ4n) is 4.92. The molecule has 3 atom stereocenters. The molecule has 1 N–H and O–H groups in total. The molecule has 5 rings (SSSR count). The lowest BCUT2D eigenvalue weighted by molar-refractivity contribution is -0.229. The number of nitrogens with one attached hydrogen (secondary N) is 1. The van der Waals surface area contributed by atoms with E-state index in [-0.39, 0.29) is 30.3 Å². The maximum absolute atomic E-state index is 13.5. The fourth-order valence-corrected chi connectivity index (χ4v) is 4.92. The molecule has 3 aromatic rings. The summed E-state index contributed by atoms with van der Waals surface area (Å²) < 4.78 is 86.4. The van der Waals surface area contributed by atoms with Gasteiger partial charge in [-0.25, -0.2) is 4.79 Å². The molecule has 0 spiro atoms. The van der Waals surface area contributed by atoms with Gasteiger partial charge in [-0.1, -0.05) is 0 Å². The highest BCUT2D eigenvalue weighted by molar-refractivity contribution is 5.91. The highest BCUT2D eigenvalue weighted by Gasteiger charge is 2.66. The van der Waals surface area contributed by atoms with Crippen LogP contribution in [0, 0.1) is 12.8 Å². The van der Waals surface area contributed by atoms with Crippen LogP contribution in [0.1, 0.15) is 36.6 Å². The molecule has 186 valence electrons. The lowest BCUT2D eigenvalue weighted by Crippen LogP contribution is -2.71. The first kappa shape index (κ1) is 23.1. The number of carbonyl (C=O) groups is 1. The smallest absolute Gasteiger partial charge is 0.418 e. The average molecular weight is 501 g/mol. The van der Waals surface area contributed by atoms with Gasteiger partial charge >= 0.3 is 18.4 Å². The van der Waals surface area contributed by atoms with Crippen LogP contribution >= 0.6 is 0 Å². The number of hydrogen-bond acceptors (Lipinski definition) is 6. The molecule has 1 saturated carbocycles. The van der Waals surface area contributed by atoms with E-state index >= 15 is 0 Å². The van der Waals surface area contributed by atoms with Gasteiger partial charge in [0.1, 0.15) is 5.54 Å². The summed E-state index contributed by atoms with van der Waals surface area (Å²) in [6, 6.07) is 1.30. The van der Waals surface area contributed by atoms with E-state index in [9.17, 15) is 31.1 Å². The number of likely N-dealkylation sites (tertiary alicyclic amines) is 1. The van der Waals surface area contributed by atoms with Crippen molar-refractivity contribution in [3.05, 3.63) is 47.9 Å². The number of aromatic nitrogens is 5. The van der Waals surface area contributed by atoms with Gasteiger partial charge < -0.3 is 14.6 Å². The molecule has 15 heteroatoms. The van der Waals surface area contributed by atoms with Crippen LogP contribution in [-0.4, -0.2) is 48.3 Å². The Morgan fingerprint density at radius 3 is 2.43 bits per heavy atom. The minimum absolute atomic E-state index is 0.0236. The molecule has 1 aliphatic carbocycles. The topological polar surface area (TPSA) is 102 Å². The van der Waals surface area contributed by atoms with E-state index in [1.807, 2.05) is 0 Å². The van der Waals surface area contributed by atoms with Gasteiger partial charge in [-0.15, -0.1) is 10.2 Å². The zero-order chi connectivity index (χ0) is 25.2. The Labute approximate surface area is 193 Å². The average Bonchev–Trinajstić information content (AvgIpc) is 3.44. The fraction of sp³-hybridized carbons (Fsp3) is 0.450. The minimum atomic E-state index is -4.72. The molecule has 2 aromatic heterocycles. The van der Waals surface area contributed by atoms with Crippen molar-refractivity contribution in [3.8, 4) is 5.69 Å². The molecule has 35 heavy (non-hydrogen) atoms. The number of carbonyl (C=O) groups excluding carboxylic acids is 1. The number of hydrogen-bond donors (Lipinski definition) is 1. The highest BCUT2D eigenvalue weighted by Crippen LogP contribution is 2.58. The number of piperidine rings is 1. The molecule has 2 aliphatic rings. The summed E-state index contributed by atoms with van der Waals surface area (Å²) in [5.74, 6) is -1.64. The number of fused-ring (bicyclic) bond motifs is 2. The molecule has 2 fully saturated rings. The van der Waals surface area contributed by atoms with Crippen molar-refractivity contribution in [2.45, 2.75) is 50.1 Å². The van der Waals surface area contributed by atoms with Crippen molar-refractivity contribution in [1.82, 2.24) is 30.1 Å². The second-order valence-corrected chi connectivity index (χ2v) is 8.54. The Morgan fingerprint density at radius 2 is 1.83 bits per heavy atom. The molecule has 1 aromatic carbocycles. The second kappa shape index (κ2) is 7.68. The van der Waals surface area contributed by atoms with E-state index in [4.69, 9.17) is 4.42 Å². The van der Waals surface area contributed by atoms with Crippen molar-refractivity contribution in [3.63, 3.8) is 0 Å². The zero-order valence-corrected chi connectivity index (χ0v) is 17.9. The highest BCUT2D eigenvalue weighted by atomic mass is 19.4. The van der Waals surface area contributed by atoms with Gasteiger partial charge in [-0.2, -0.15) is 41.3 Å². The number of urea groups is 1. The molecule has 2 unspecified atom stereocenters. The van der Waals surface area contributed by atoms with Gasteiger partial charge in [0.05, 0.1) is 29.6 Å². The molecule has 9 nitrogen and oxygen atoms in total. The van der Waals surface area contributed by atoms with Gasteiger partial charge in [-0.3, -0.25) is 0 Å². The summed E-state index contributed by atoms with van der Waals surface area (Å²) >= 11 is 0. The number of amides is 2. The largest absolute Gasteiger partial charge is 0.423 e. The van der Waals surface area contributed by atoms with Gasteiger partial charge in [0.15, 0.2) is 0 Å². The van der Waals surface area contributed by atoms with Crippen LogP contribution in [0.4, 0.5) is 36.8 Å². The Morgan fingerprint density at radius 1 is 1.11 bits per heavy atom. The Hall–Kier alpha value is -3.65. The summed E-state index contributed by atoms with van der Waals surface area (Å²) in [7, 11) is 0. The van der Waals surface area contributed by atoms with Gasteiger partial charge in [0.25, 0.3) is 0 Å². The Balaban J connectivity index is 1.46. The standard InChI is InChI=1S/C20H17F6N7O2/c1-10-30-31-16(35-10)18-8-11(19(21,22)23)6-13(9-18)32(18)17(34)29-12-2-3-14(20(24,25)26)15(7-12)33-27-4-5-28-33/h2-5,7,11,13H,6,8-9H2,1H3,(H,29,34)/t11-,13?,18?/m0/s1. The van der Waals surface area contributed by atoms with Crippen molar-refractivity contribution in [2.24, 2.45) is 5.92 Å². The molecule has 2 amide bonds. The number of halogens is 6. The lowest BCUT2D eigenvalue weighted by atomic mass is 9.63. The van der Waals surface area contributed by atoms with Crippen LogP contribution in [0.5, 0.6) is 0 Å². The van der Waals surface area contributed by atoms with E-state index in [2.05, 4.69) is 25.7 Å². The van der Waals surface area contributed by atoms with Crippen molar-refractivity contribution >= 4 is 11.7 Å². The second-order valence-electron chi connectivity index (χ2n) is 8.54. The first-order valence-electron chi connectivity index (χ1n) is 10.4. The van der Waals surface area contributed by atoms with Gasteiger partial charge in [0, 0.05) is 25.1 Å². The Bertz CT molecular complexity index is 1260. The third kappa shape index (κ3) is 3.87. The van der Waals surface area contributed by atoms with Crippen LogP contribution in [0.2, 0.25) is 0 Å². The molecule has 2 bridgehead atoms. The maximum Gasteiger partial charge on any atom is 0.418 e. The number of rotatable bonds is 3. The third-order valence-electron chi connectivity index (χ3n) is 6.33. The van der Waals surface area contributed by atoms with Crippen LogP contribution in [-0.2, 0) is 11.7 Å². The summed E-state index contributed by atoms with van der Waals surface area (Å²) in [5.41, 5.74) is -2.95. The summed E-state index contributed by atoms with van der Waals surface area (Å²) in [4.78, 5) is 15.2. The molecule has 1 saturated heterocycles. The predicted molar refractivity (Wildman–Crippen MR) is 105 cm³/mol. The van der Waals surface area contributed by atoms with E-state index in [0.717, 1.165) is 23.0 Å². The molecular formula is C20H17F6N7O2. The summed E-state index contributed by atoms with van der Waals surface area (Å²) in [6.07, 6.45) is -7.37. The van der Waals surface area contributed by atoms with Crippen LogP contribution in [0.3, 0.4) is 0 Å². The SMILES string of the molecule is Cc1nnc(C23CC(C[C@H](C(F)(F)F)C2)N3C(=O)Nc2ccc(C(F)(F)F)c(-n3nccn3)c2)o1. The van der Waals surface area contributed by atoms with Crippen LogP contribution in [0.15, 0.2) is 35.0 Å². The van der Waals surface area contributed by atoms with Crippen LogP contribution in [0.25, 0.3) is 5.69 Å². The first-order valence-corrected chi connectivity index (χ1v) is 10.4. The van der Waals surface area contributed by atoms with Crippen molar-refractivity contribution < 1.29 is 35.6 Å². The number of aryl methyl sites for hydroxylation is 1.